The molecular formula is C22H28FNO4. The topological polar surface area (TPSA) is 59.0 Å². The molecule has 0 spiro atoms. The molecular weight excluding hydrogens is 361 g/mol. The highest BCUT2D eigenvalue weighted by molar-refractivity contribution is 5.75. The van der Waals surface area contributed by atoms with Crippen LogP contribution in [0.5, 0.6) is 11.5 Å². The van der Waals surface area contributed by atoms with Crippen LogP contribution >= 0.6 is 0 Å². The minimum absolute atomic E-state index is 0.0152. The van der Waals surface area contributed by atoms with Gasteiger partial charge in [0.2, 0.25) is 5.91 Å². The quantitative estimate of drug-likeness (QED) is 0.629. The predicted octanol–water partition coefficient (Wildman–Crippen LogP) is 3.75. The number of methoxy groups -OCH3 is 2. The standard InChI is InChI=1S/C22H28FNO4/c1-24(15-19(25)17-10-13-20(27-2)21(14-17)28-3)22(26)7-5-4-6-16-8-11-18(23)12-9-16/h8-14,19,25H,4-7,15H2,1-3H3. The molecule has 2 rings (SSSR count). The summed E-state index contributed by atoms with van der Waals surface area (Å²) in [6, 6.07) is 11.6. The number of carbonyl (C=O) groups is 1. The van der Waals surface area contributed by atoms with Crippen molar-refractivity contribution in [3.05, 3.63) is 59.4 Å². The summed E-state index contributed by atoms with van der Waals surface area (Å²) < 4.78 is 23.3. The lowest BCUT2D eigenvalue weighted by Crippen LogP contribution is -2.30. The smallest absolute Gasteiger partial charge is 0.222 e. The Kier molecular flexibility index (Phi) is 8.26. The van der Waals surface area contributed by atoms with Crippen molar-refractivity contribution >= 4 is 5.91 Å². The van der Waals surface area contributed by atoms with Gasteiger partial charge in [-0.2, -0.15) is 0 Å². The van der Waals surface area contributed by atoms with Crippen LogP contribution in [0.1, 0.15) is 36.5 Å². The van der Waals surface area contributed by atoms with E-state index in [9.17, 15) is 14.3 Å². The van der Waals surface area contributed by atoms with E-state index in [4.69, 9.17) is 9.47 Å². The second-order valence-electron chi connectivity index (χ2n) is 6.74. The summed E-state index contributed by atoms with van der Waals surface area (Å²) in [5, 5.41) is 10.4. The summed E-state index contributed by atoms with van der Waals surface area (Å²) >= 11 is 0. The lowest BCUT2D eigenvalue weighted by molar-refractivity contribution is -0.131. The van der Waals surface area contributed by atoms with Crippen LogP contribution in [0.25, 0.3) is 0 Å². The molecule has 0 aliphatic rings. The van der Waals surface area contributed by atoms with E-state index in [-0.39, 0.29) is 18.3 Å². The zero-order chi connectivity index (χ0) is 20.5. The van der Waals surface area contributed by atoms with Crippen LogP contribution in [0.2, 0.25) is 0 Å². The lowest BCUT2D eigenvalue weighted by Gasteiger charge is -2.22. The van der Waals surface area contributed by atoms with Crippen LogP contribution in [0.3, 0.4) is 0 Å². The summed E-state index contributed by atoms with van der Waals surface area (Å²) in [7, 11) is 4.78. The first-order valence-electron chi connectivity index (χ1n) is 9.33. The third-order valence-corrected chi connectivity index (χ3v) is 4.68. The van der Waals surface area contributed by atoms with Crippen molar-refractivity contribution in [1.29, 1.82) is 0 Å². The maximum Gasteiger partial charge on any atom is 0.222 e. The van der Waals surface area contributed by atoms with E-state index in [0.29, 0.717) is 23.5 Å². The minimum Gasteiger partial charge on any atom is -0.493 e. The molecule has 1 amide bonds. The number of amides is 1. The molecule has 0 aliphatic heterocycles. The van der Waals surface area contributed by atoms with Crippen LogP contribution in [-0.2, 0) is 11.2 Å². The molecule has 0 bridgehead atoms. The van der Waals surface area contributed by atoms with E-state index >= 15 is 0 Å². The van der Waals surface area contributed by atoms with E-state index in [2.05, 4.69) is 0 Å². The molecule has 6 heteroatoms. The van der Waals surface area contributed by atoms with Gasteiger partial charge in [0.1, 0.15) is 5.82 Å². The van der Waals surface area contributed by atoms with Crippen molar-refractivity contribution in [2.75, 3.05) is 27.8 Å². The van der Waals surface area contributed by atoms with Gasteiger partial charge in [0.15, 0.2) is 11.5 Å². The van der Waals surface area contributed by atoms with Crippen LogP contribution < -0.4 is 9.47 Å². The first-order chi connectivity index (χ1) is 13.4. The van der Waals surface area contributed by atoms with Gasteiger partial charge < -0.3 is 19.5 Å². The number of aliphatic hydroxyl groups excluding tert-OH is 1. The molecule has 1 unspecified atom stereocenters. The Morgan fingerprint density at radius 2 is 1.75 bits per heavy atom. The minimum atomic E-state index is -0.812. The molecule has 2 aromatic carbocycles. The van der Waals surface area contributed by atoms with Gasteiger partial charge in [-0.05, 0) is 54.7 Å². The summed E-state index contributed by atoms with van der Waals surface area (Å²) in [5.74, 6) is 0.866. The fraction of sp³-hybridized carbons (Fsp3) is 0.409. The molecule has 0 fully saturated rings. The number of halogens is 1. The number of hydrogen-bond donors (Lipinski definition) is 1. The Morgan fingerprint density at radius 3 is 2.39 bits per heavy atom. The van der Waals surface area contributed by atoms with E-state index in [0.717, 1.165) is 24.8 Å². The molecule has 152 valence electrons. The number of aliphatic hydroxyl groups is 1. The van der Waals surface area contributed by atoms with Gasteiger partial charge >= 0.3 is 0 Å². The highest BCUT2D eigenvalue weighted by atomic mass is 19.1. The molecule has 0 aromatic heterocycles. The molecule has 2 aromatic rings. The first-order valence-corrected chi connectivity index (χ1v) is 9.33. The number of aryl methyl sites for hydroxylation is 1. The Balaban J connectivity index is 1.78. The number of unbranched alkanes of at least 4 members (excludes halogenated alkanes) is 1. The van der Waals surface area contributed by atoms with Crippen LogP contribution in [0, 0.1) is 5.82 Å². The Bertz CT molecular complexity index is 764. The second kappa shape index (κ2) is 10.7. The molecule has 0 saturated carbocycles. The third-order valence-electron chi connectivity index (χ3n) is 4.68. The number of hydrogen-bond acceptors (Lipinski definition) is 4. The molecule has 1 N–H and O–H groups in total. The average Bonchev–Trinajstić information content (AvgIpc) is 2.71. The SMILES string of the molecule is COc1ccc(C(O)CN(C)C(=O)CCCCc2ccc(F)cc2)cc1OC. The highest BCUT2D eigenvalue weighted by Gasteiger charge is 2.17. The molecule has 28 heavy (non-hydrogen) atoms. The van der Waals surface area contributed by atoms with Crippen molar-refractivity contribution in [1.82, 2.24) is 4.90 Å². The van der Waals surface area contributed by atoms with E-state index < -0.39 is 6.10 Å². The Hall–Kier alpha value is -2.60. The lowest BCUT2D eigenvalue weighted by atomic mass is 10.1. The molecule has 0 heterocycles. The van der Waals surface area contributed by atoms with Gasteiger partial charge in [-0.15, -0.1) is 0 Å². The molecule has 5 nitrogen and oxygen atoms in total. The zero-order valence-electron chi connectivity index (χ0n) is 16.7. The average molecular weight is 389 g/mol. The third kappa shape index (κ3) is 6.23. The van der Waals surface area contributed by atoms with Crippen molar-refractivity contribution in [3.8, 4) is 11.5 Å². The summed E-state index contributed by atoms with van der Waals surface area (Å²) in [5.41, 5.74) is 1.72. The molecule has 1 atom stereocenters. The van der Waals surface area contributed by atoms with Crippen molar-refractivity contribution < 1.29 is 23.8 Å². The first kappa shape index (κ1) is 21.7. The monoisotopic (exact) mass is 389 g/mol. The summed E-state index contributed by atoms with van der Waals surface area (Å²) in [6.07, 6.45) is 2.01. The largest absolute Gasteiger partial charge is 0.493 e. The summed E-state index contributed by atoms with van der Waals surface area (Å²) in [4.78, 5) is 13.9. The highest BCUT2D eigenvalue weighted by Crippen LogP contribution is 2.30. The molecule has 0 aliphatic carbocycles. The predicted molar refractivity (Wildman–Crippen MR) is 106 cm³/mol. The number of rotatable bonds is 10. The van der Waals surface area contributed by atoms with Gasteiger partial charge in [0, 0.05) is 13.5 Å². The van der Waals surface area contributed by atoms with E-state index in [1.165, 1.54) is 19.2 Å². The van der Waals surface area contributed by atoms with Crippen LogP contribution in [0.4, 0.5) is 4.39 Å². The Labute approximate surface area is 165 Å². The number of likely N-dealkylation sites (N-methyl/N-ethyl adjacent to an activating group) is 1. The number of benzene rings is 2. The maximum absolute atomic E-state index is 12.9. The van der Waals surface area contributed by atoms with Crippen molar-refractivity contribution in [2.45, 2.75) is 31.8 Å². The van der Waals surface area contributed by atoms with Crippen molar-refractivity contribution in [2.24, 2.45) is 0 Å². The van der Waals surface area contributed by atoms with Gasteiger partial charge in [0.05, 0.1) is 26.9 Å². The molecule has 0 radical (unpaired) electrons. The van der Waals surface area contributed by atoms with Crippen LogP contribution in [0.15, 0.2) is 42.5 Å². The summed E-state index contributed by atoms with van der Waals surface area (Å²) in [6.45, 7) is 0.201. The number of ether oxygens (including phenoxy) is 2. The van der Waals surface area contributed by atoms with Gasteiger partial charge in [0.25, 0.3) is 0 Å². The fourth-order valence-electron chi connectivity index (χ4n) is 2.97. The Morgan fingerprint density at radius 1 is 1.07 bits per heavy atom. The zero-order valence-corrected chi connectivity index (χ0v) is 16.7. The molecule has 0 saturated heterocycles. The van der Waals surface area contributed by atoms with Gasteiger partial charge in [-0.1, -0.05) is 18.2 Å². The second-order valence-corrected chi connectivity index (χ2v) is 6.74. The van der Waals surface area contributed by atoms with E-state index in [1.807, 2.05) is 0 Å². The fourth-order valence-corrected chi connectivity index (χ4v) is 2.97. The maximum atomic E-state index is 12.9. The van der Waals surface area contributed by atoms with Gasteiger partial charge in [-0.25, -0.2) is 4.39 Å². The number of carbonyl (C=O) groups excluding carboxylic acids is 1. The van der Waals surface area contributed by atoms with Gasteiger partial charge in [-0.3, -0.25) is 4.79 Å². The van der Waals surface area contributed by atoms with Crippen molar-refractivity contribution in [3.63, 3.8) is 0 Å². The van der Waals surface area contributed by atoms with Crippen LogP contribution in [-0.4, -0.2) is 43.7 Å². The number of nitrogens with zero attached hydrogens (tertiary/aromatic N) is 1. The van der Waals surface area contributed by atoms with E-state index in [1.54, 1.807) is 49.4 Å². The normalized spacial score (nSPS) is 11.8.